The second kappa shape index (κ2) is 8.17. The molecule has 0 saturated heterocycles. The van der Waals surface area contributed by atoms with Gasteiger partial charge in [0.1, 0.15) is 5.75 Å². The summed E-state index contributed by atoms with van der Waals surface area (Å²) in [5, 5.41) is 6.32. The number of nitrogens with one attached hydrogen (secondary N) is 1. The molecule has 23 heavy (non-hydrogen) atoms. The summed E-state index contributed by atoms with van der Waals surface area (Å²) in [7, 11) is 1.72. The molecule has 0 aliphatic carbocycles. The van der Waals surface area contributed by atoms with Crippen LogP contribution in [-0.4, -0.2) is 29.6 Å². The maximum atomic E-state index is 12.4. The van der Waals surface area contributed by atoms with Gasteiger partial charge in [-0.15, -0.1) is 11.3 Å². The second-order valence-electron chi connectivity index (χ2n) is 5.13. The molecule has 0 bridgehead atoms. The molecule has 2 rings (SSSR count). The minimum atomic E-state index is -0.237. The molecule has 2 amide bonds. The molecule has 0 radical (unpaired) electrons. The first-order chi connectivity index (χ1) is 11.0. The van der Waals surface area contributed by atoms with Crippen LogP contribution < -0.4 is 10.1 Å². The van der Waals surface area contributed by atoms with Gasteiger partial charge in [-0.25, -0.2) is 9.78 Å². The molecule has 124 valence electrons. The zero-order valence-electron chi connectivity index (χ0n) is 13.4. The van der Waals surface area contributed by atoms with Crippen LogP contribution in [0, 0.1) is 6.92 Å². The van der Waals surface area contributed by atoms with E-state index in [1.807, 2.05) is 19.2 Å². The minimum Gasteiger partial charge on any atom is -0.491 e. The standard InChI is InChI=1S/C16H20ClN3O2S/c1-4-7-22-15-6-5-12(17)8-14(15)19-16(21)20(3)9-13-10-23-11(2)18-13/h5-6,8,10H,4,7,9H2,1-3H3,(H,19,21). The van der Waals surface area contributed by atoms with Crippen LogP contribution in [0.3, 0.4) is 0 Å². The Morgan fingerprint density at radius 1 is 1.48 bits per heavy atom. The molecule has 2 aromatic rings. The number of benzene rings is 1. The van der Waals surface area contributed by atoms with Crippen molar-refractivity contribution in [3.05, 3.63) is 39.3 Å². The van der Waals surface area contributed by atoms with E-state index in [4.69, 9.17) is 16.3 Å². The monoisotopic (exact) mass is 353 g/mol. The van der Waals surface area contributed by atoms with Gasteiger partial charge < -0.3 is 15.0 Å². The number of rotatable bonds is 6. The number of carbonyl (C=O) groups is 1. The van der Waals surface area contributed by atoms with E-state index in [0.717, 1.165) is 17.1 Å². The maximum absolute atomic E-state index is 12.4. The maximum Gasteiger partial charge on any atom is 0.322 e. The molecule has 0 aliphatic heterocycles. The van der Waals surface area contributed by atoms with E-state index in [1.165, 1.54) is 0 Å². The predicted molar refractivity (Wildman–Crippen MR) is 94.6 cm³/mol. The Balaban J connectivity index is 2.04. The molecule has 0 saturated carbocycles. The number of anilines is 1. The van der Waals surface area contributed by atoms with Crippen molar-refractivity contribution in [2.45, 2.75) is 26.8 Å². The third kappa shape index (κ3) is 5.11. The van der Waals surface area contributed by atoms with E-state index >= 15 is 0 Å². The van der Waals surface area contributed by atoms with Gasteiger partial charge in [0, 0.05) is 17.5 Å². The number of thiazole rings is 1. The van der Waals surface area contributed by atoms with Crippen LogP contribution in [0.2, 0.25) is 5.02 Å². The van der Waals surface area contributed by atoms with Crippen molar-refractivity contribution in [2.24, 2.45) is 0 Å². The normalized spacial score (nSPS) is 10.4. The van der Waals surface area contributed by atoms with Gasteiger partial charge in [0.25, 0.3) is 0 Å². The molecule has 7 heteroatoms. The number of amides is 2. The van der Waals surface area contributed by atoms with Crippen LogP contribution in [-0.2, 0) is 6.54 Å². The highest BCUT2D eigenvalue weighted by Crippen LogP contribution is 2.28. The van der Waals surface area contributed by atoms with E-state index in [9.17, 15) is 4.79 Å². The number of aromatic nitrogens is 1. The van der Waals surface area contributed by atoms with E-state index in [1.54, 1.807) is 41.5 Å². The topological polar surface area (TPSA) is 54.5 Å². The summed E-state index contributed by atoms with van der Waals surface area (Å²) >= 11 is 7.59. The average Bonchev–Trinajstić information content (AvgIpc) is 2.91. The molecule has 0 unspecified atom stereocenters. The first-order valence-corrected chi connectivity index (χ1v) is 8.60. The Kier molecular flexibility index (Phi) is 6.24. The second-order valence-corrected chi connectivity index (χ2v) is 6.63. The SMILES string of the molecule is CCCOc1ccc(Cl)cc1NC(=O)N(C)Cc1csc(C)n1. The largest absolute Gasteiger partial charge is 0.491 e. The van der Waals surface area contributed by atoms with Gasteiger partial charge >= 0.3 is 6.03 Å². The molecule has 1 aromatic heterocycles. The molecule has 1 heterocycles. The van der Waals surface area contributed by atoms with Gasteiger partial charge in [0.2, 0.25) is 0 Å². The first kappa shape index (κ1) is 17.6. The predicted octanol–water partition coefficient (Wildman–Crippen LogP) is 4.56. The van der Waals surface area contributed by atoms with Crippen molar-refractivity contribution in [3.63, 3.8) is 0 Å². The van der Waals surface area contributed by atoms with E-state index in [0.29, 0.717) is 29.6 Å². The van der Waals surface area contributed by atoms with Crippen LogP contribution in [0.25, 0.3) is 0 Å². The van der Waals surface area contributed by atoms with Gasteiger partial charge in [-0.05, 0) is 31.5 Å². The summed E-state index contributed by atoms with van der Waals surface area (Å²) in [5.41, 5.74) is 1.44. The lowest BCUT2D eigenvalue weighted by Crippen LogP contribution is -2.31. The highest BCUT2D eigenvalue weighted by atomic mass is 35.5. The fourth-order valence-electron chi connectivity index (χ4n) is 1.94. The van der Waals surface area contributed by atoms with Gasteiger partial charge in [0.05, 0.1) is 29.5 Å². The number of nitrogens with zero attached hydrogens (tertiary/aromatic N) is 2. The van der Waals surface area contributed by atoms with E-state index < -0.39 is 0 Å². The van der Waals surface area contributed by atoms with Crippen molar-refractivity contribution in [1.29, 1.82) is 0 Å². The molecule has 1 N–H and O–H groups in total. The highest BCUT2D eigenvalue weighted by Gasteiger charge is 2.14. The number of hydrogen-bond donors (Lipinski definition) is 1. The third-order valence-electron chi connectivity index (χ3n) is 3.06. The van der Waals surface area contributed by atoms with Gasteiger partial charge in [-0.2, -0.15) is 0 Å². The molecular formula is C16H20ClN3O2S. The lowest BCUT2D eigenvalue weighted by molar-refractivity contribution is 0.220. The number of aryl methyl sites for hydroxylation is 1. The van der Waals surface area contributed by atoms with Gasteiger partial charge in [-0.1, -0.05) is 18.5 Å². The Morgan fingerprint density at radius 2 is 2.26 bits per heavy atom. The summed E-state index contributed by atoms with van der Waals surface area (Å²) in [6.07, 6.45) is 0.888. The van der Waals surface area contributed by atoms with Gasteiger partial charge in [-0.3, -0.25) is 0 Å². The smallest absolute Gasteiger partial charge is 0.322 e. The lowest BCUT2D eigenvalue weighted by Gasteiger charge is -2.18. The summed E-state index contributed by atoms with van der Waals surface area (Å²) < 4.78 is 5.64. The Labute approximate surface area is 145 Å². The lowest BCUT2D eigenvalue weighted by atomic mass is 10.3. The zero-order valence-corrected chi connectivity index (χ0v) is 15.0. The molecule has 0 atom stereocenters. The van der Waals surface area contributed by atoms with Crippen molar-refractivity contribution >= 4 is 34.7 Å². The van der Waals surface area contributed by atoms with Crippen LogP contribution in [0.1, 0.15) is 24.0 Å². The molecule has 0 aliphatic rings. The van der Waals surface area contributed by atoms with Crippen molar-refractivity contribution in [1.82, 2.24) is 9.88 Å². The first-order valence-electron chi connectivity index (χ1n) is 7.35. The summed E-state index contributed by atoms with van der Waals surface area (Å²) in [5.74, 6) is 0.613. The summed E-state index contributed by atoms with van der Waals surface area (Å²) in [4.78, 5) is 18.3. The highest BCUT2D eigenvalue weighted by molar-refractivity contribution is 7.09. The minimum absolute atomic E-state index is 0.237. The molecule has 1 aromatic carbocycles. The number of hydrogen-bond acceptors (Lipinski definition) is 4. The van der Waals surface area contributed by atoms with E-state index in [2.05, 4.69) is 10.3 Å². The number of carbonyl (C=O) groups excluding carboxylic acids is 1. The van der Waals surface area contributed by atoms with Crippen LogP contribution in [0.15, 0.2) is 23.6 Å². The number of urea groups is 1. The Bertz CT molecular complexity index is 675. The van der Waals surface area contributed by atoms with E-state index in [-0.39, 0.29) is 6.03 Å². The van der Waals surface area contributed by atoms with Crippen LogP contribution >= 0.6 is 22.9 Å². The average molecular weight is 354 g/mol. The number of ether oxygens (including phenoxy) is 1. The molecule has 0 fully saturated rings. The fourth-order valence-corrected chi connectivity index (χ4v) is 2.72. The molecule has 0 spiro atoms. The van der Waals surface area contributed by atoms with Crippen molar-refractivity contribution in [3.8, 4) is 5.75 Å². The quantitative estimate of drug-likeness (QED) is 0.828. The Morgan fingerprint density at radius 3 is 2.91 bits per heavy atom. The van der Waals surface area contributed by atoms with Crippen molar-refractivity contribution in [2.75, 3.05) is 19.0 Å². The Hall–Kier alpha value is -1.79. The van der Waals surface area contributed by atoms with Gasteiger partial charge in [0.15, 0.2) is 0 Å². The van der Waals surface area contributed by atoms with Crippen LogP contribution in [0.4, 0.5) is 10.5 Å². The summed E-state index contributed by atoms with van der Waals surface area (Å²) in [6.45, 7) is 5.00. The van der Waals surface area contributed by atoms with Crippen molar-refractivity contribution < 1.29 is 9.53 Å². The fraction of sp³-hybridized carbons (Fsp3) is 0.375. The molecule has 5 nitrogen and oxygen atoms in total. The molecular weight excluding hydrogens is 334 g/mol. The number of halogens is 1. The third-order valence-corrected chi connectivity index (χ3v) is 4.11. The van der Waals surface area contributed by atoms with Crippen LogP contribution in [0.5, 0.6) is 5.75 Å². The zero-order chi connectivity index (χ0) is 16.8. The summed E-state index contributed by atoms with van der Waals surface area (Å²) in [6, 6.07) is 4.95.